The molecule has 0 saturated carbocycles. The fourth-order valence-corrected chi connectivity index (χ4v) is 1.79. The van der Waals surface area contributed by atoms with E-state index in [2.05, 4.69) is 18.0 Å². The van der Waals surface area contributed by atoms with E-state index in [1.807, 2.05) is 37.3 Å². The van der Waals surface area contributed by atoms with E-state index in [9.17, 15) is 5.11 Å². The fraction of sp³-hybridized carbons (Fsp3) is 0.267. The summed E-state index contributed by atoms with van der Waals surface area (Å²) in [4.78, 5) is 4.26. The van der Waals surface area contributed by atoms with Crippen LogP contribution in [-0.2, 0) is 6.42 Å². The number of aliphatic hydroxyl groups excluding tert-OH is 1. The van der Waals surface area contributed by atoms with E-state index in [0.717, 1.165) is 17.5 Å². The summed E-state index contributed by atoms with van der Waals surface area (Å²) in [5.41, 5.74) is 3.93. The third kappa shape index (κ3) is 2.71. The Hall–Kier alpha value is -1.67. The minimum absolute atomic E-state index is 0.637. The largest absolute Gasteiger partial charge is 0.382 e. The van der Waals surface area contributed by atoms with E-state index in [1.54, 1.807) is 6.20 Å². The van der Waals surface area contributed by atoms with Gasteiger partial charge in [-0.1, -0.05) is 37.3 Å². The molecule has 2 rings (SSSR count). The summed E-state index contributed by atoms with van der Waals surface area (Å²) in [5.74, 6) is 0. The number of aryl methyl sites for hydroxylation is 2. The smallest absolute Gasteiger partial charge is 0.121 e. The molecule has 2 nitrogen and oxygen atoms in total. The molecule has 1 aromatic heterocycles. The van der Waals surface area contributed by atoms with Gasteiger partial charge in [-0.2, -0.15) is 0 Å². The summed E-state index contributed by atoms with van der Waals surface area (Å²) in [7, 11) is 0. The molecule has 0 spiro atoms. The lowest BCUT2D eigenvalue weighted by molar-refractivity contribution is 0.215. The summed E-state index contributed by atoms with van der Waals surface area (Å²) in [5, 5.41) is 10.2. The number of rotatable bonds is 3. The van der Waals surface area contributed by atoms with Crippen molar-refractivity contribution in [1.29, 1.82) is 0 Å². The molecule has 0 aliphatic rings. The molecule has 0 aliphatic heterocycles. The van der Waals surface area contributed by atoms with Gasteiger partial charge in [0.2, 0.25) is 0 Å². The Bertz CT molecular complexity index is 491. The van der Waals surface area contributed by atoms with Gasteiger partial charge in [-0.15, -0.1) is 0 Å². The van der Waals surface area contributed by atoms with E-state index in [0.29, 0.717) is 5.69 Å². The maximum atomic E-state index is 10.2. The zero-order valence-electron chi connectivity index (χ0n) is 10.2. The average Bonchev–Trinajstić information content (AvgIpc) is 2.39. The Balaban J connectivity index is 2.29. The number of hydrogen-bond acceptors (Lipinski definition) is 2. The van der Waals surface area contributed by atoms with Crippen LogP contribution in [0.15, 0.2) is 42.6 Å². The van der Waals surface area contributed by atoms with Crippen LogP contribution >= 0.6 is 0 Å². The fourth-order valence-electron chi connectivity index (χ4n) is 1.79. The Kier molecular flexibility index (Phi) is 3.55. The van der Waals surface area contributed by atoms with Crippen LogP contribution in [0.5, 0.6) is 0 Å². The zero-order chi connectivity index (χ0) is 12.3. The highest BCUT2D eigenvalue weighted by atomic mass is 16.3. The number of benzene rings is 1. The van der Waals surface area contributed by atoms with Crippen LogP contribution in [0.3, 0.4) is 0 Å². The molecule has 0 amide bonds. The summed E-state index contributed by atoms with van der Waals surface area (Å²) in [6, 6.07) is 11.9. The standard InChI is InChI=1S/C15H17NO/c1-3-12-5-4-6-13(9-12)15(17)14-8-7-11(2)10-16-14/h4-10,15,17H,3H2,1-2H3. The van der Waals surface area contributed by atoms with E-state index in [-0.39, 0.29) is 0 Å². The van der Waals surface area contributed by atoms with Crippen LogP contribution < -0.4 is 0 Å². The van der Waals surface area contributed by atoms with Crippen LogP contribution in [0.2, 0.25) is 0 Å². The number of pyridine rings is 1. The van der Waals surface area contributed by atoms with Crippen molar-refractivity contribution in [2.75, 3.05) is 0 Å². The van der Waals surface area contributed by atoms with Gasteiger partial charge in [-0.25, -0.2) is 0 Å². The van der Waals surface area contributed by atoms with Gasteiger partial charge < -0.3 is 5.11 Å². The van der Waals surface area contributed by atoms with E-state index >= 15 is 0 Å². The van der Waals surface area contributed by atoms with Crippen molar-refractivity contribution in [2.45, 2.75) is 26.4 Å². The first-order valence-electron chi connectivity index (χ1n) is 5.90. The number of aliphatic hydroxyl groups is 1. The van der Waals surface area contributed by atoms with Crippen LogP contribution in [0, 0.1) is 6.92 Å². The maximum Gasteiger partial charge on any atom is 0.121 e. The van der Waals surface area contributed by atoms with Crippen molar-refractivity contribution < 1.29 is 5.11 Å². The molecule has 2 aromatic rings. The Morgan fingerprint density at radius 1 is 1.24 bits per heavy atom. The zero-order valence-corrected chi connectivity index (χ0v) is 10.2. The second-order valence-corrected chi connectivity index (χ2v) is 4.26. The molecule has 0 fully saturated rings. The van der Waals surface area contributed by atoms with Crippen molar-refractivity contribution in [3.05, 3.63) is 65.0 Å². The van der Waals surface area contributed by atoms with Crippen molar-refractivity contribution in [3.8, 4) is 0 Å². The van der Waals surface area contributed by atoms with Gasteiger partial charge in [0.25, 0.3) is 0 Å². The highest BCUT2D eigenvalue weighted by Crippen LogP contribution is 2.21. The predicted octanol–water partition coefficient (Wildman–Crippen LogP) is 3.03. The first kappa shape index (κ1) is 11.8. The summed E-state index contributed by atoms with van der Waals surface area (Å²) >= 11 is 0. The van der Waals surface area contributed by atoms with E-state index in [4.69, 9.17) is 0 Å². The molecule has 2 heteroatoms. The SMILES string of the molecule is CCc1cccc(C(O)c2ccc(C)cn2)c1. The summed E-state index contributed by atoms with van der Waals surface area (Å²) in [6.45, 7) is 4.09. The summed E-state index contributed by atoms with van der Waals surface area (Å²) in [6.07, 6.45) is 2.12. The molecule has 1 N–H and O–H groups in total. The Morgan fingerprint density at radius 3 is 2.71 bits per heavy atom. The van der Waals surface area contributed by atoms with Crippen LogP contribution in [0.1, 0.15) is 35.4 Å². The lowest BCUT2D eigenvalue weighted by Gasteiger charge is -2.11. The molecule has 1 atom stereocenters. The van der Waals surface area contributed by atoms with Crippen molar-refractivity contribution in [3.63, 3.8) is 0 Å². The van der Waals surface area contributed by atoms with Crippen LogP contribution in [-0.4, -0.2) is 10.1 Å². The summed E-state index contributed by atoms with van der Waals surface area (Å²) < 4.78 is 0. The Labute approximate surface area is 102 Å². The molecule has 0 saturated heterocycles. The van der Waals surface area contributed by atoms with Crippen molar-refractivity contribution in [1.82, 2.24) is 4.98 Å². The van der Waals surface area contributed by atoms with Crippen LogP contribution in [0.25, 0.3) is 0 Å². The van der Waals surface area contributed by atoms with Crippen molar-refractivity contribution in [2.24, 2.45) is 0 Å². The molecule has 0 radical (unpaired) electrons. The Morgan fingerprint density at radius 2 is 2.06 bits per heavy atom. The highest BCUT2D eigenvalue weighted by Gasteiger charge is 2.11. The molecule has 1 unspecified atom stereocenters. The maximum absolute atomic E-state index is 10.2. The first-order chi connectivity index (χ1) is 8.20. The number of nitrogens with zero attached hydrogens (tertiary/aromatic N) is 1. The normalized spacial score (nSPS) is 12.4. The second-order valence-electron chi connectivity index (χ2n) is 4.26. The van der Waals surface area contributed by atoms with Gasteiger partial charge in [0.05, 0.1) is 5.69 Å². The third-order valence-electron chi connectivity index (χ3n) is 2.89. The number of hydrogen-bond donors (Lipinski definition) is 1. The molecule has 0 aliphatic carbocycles. The van der Waals surface area contributed by atoms with Crippen LogP contribution in [0.4, 0.5) is 0 Å². The van der Waals surface area contributed by atoms with Gasteiger partial charge in [-0.05, 0) is 36.1 Å². The van der Waals surface area contributed by atoms with Gasteiger partial charge in [0, 0.05) is 6.20 Å². The first-order valence-corrected chi connectivity index (χ1v) is 5.90. The minimum Gasteiger partial charge on any atom is -0.382 e. The third-order valence-corrected chi connectivity index (χ3v) is 2.89. The quantitative estimate of drug-likeness (QED) is 0.874. The van der Waals surface area contributed by atoms with E-state index < -0.39 is 6.10 Å². The molecule has 1 heterocycles. The average molecular weight is 227 g/mol. The van der Waals surface area contributed by atoms with E-state index in [1.165, 1.54) is 5.56 Å². The molecular weight excluding hydrogens is 210 g/mol. The van der Waals surface area contributed by atoms with Gasteiger partial charge >= 0.3 is 0 Å². The minimum atomic E-state index is -0.637. The highest BCUT2D eigenvalue weighted by molar-refractivity contribution is 5.30. The monoisotopic (exact) mass is 227 g/mol. The molecule has 17 heavy (non-hydrogen) atoms. The van der Waals surface area contributed by atoms with Gasteiger partial charge in [-0.3, -0.25) is 4.98 Å². The second kappa shape index (κ2) is 5.11. The van der Waals surface area contributed by atoms with Crippen molar-refractivity contribution >= 4 is 0 Å². The number of aromatic nitrogens is 1. The van der Waals surface area contributed by atoms with Gasteiger partial charge in [0.1, 0.15) is 6.10 Å². The molecule has 0 bridgehead atoms. The van der Waals surface area contributed by atoms with Gasteiger partial charge in [0.15, 0.2) is 0 Å². The topological polar surface area (TPSA) is 33.1 Å². The molecule has 88 valence electrons. The lowest BCUT2D eigenvalue weighted by atomic mass is 10.0. The molecular formula is C15H17NO. The molecule has 1 aromatic carbocycles. The predicted molar refractivity (Wildman–Crippen MR) is 68.9 cm³/mol. The lowest BCUT2D eigenvalue weighted by Crippen LogP contribution is -2.02.